The van der Waals surface area contributed by atoms with Gasteiger partial charge in [-0.1, -0.05) is 75.7 Å². The molecule has 0 amide bonds. The second-order valence-corrected chi connectivity index (χ2v) is 5.29. The van der Waals surface area contributed by atoms with Crippen molar-refractivity contribution < 1.29 is 0 Å². The topological polar surface area (TPSA) is 0 Å². The molecule has 0 N–H and O–H groups in total. The Morgan fingerprint density at radius 3 is 1.12 bits per heavy atom. The molecule has 1 aliphatic rings. The Bertz CT molecular complexity index is 178. The standard InChI is InChI=1S/C17H30/c1-2-4-6-8-10-12-14-16-17-15-13-11-9-7-5-3-1/h1-2,5,7H,3-4,6,8-17H2/b2-1-,7-5-. The van der Waals surface area contributed by atoms with Crippen LogP contribution in [0.3, 0.4) is 0 Å². The molecule has 0 saturated heterocycles. The quantitative estimate of drug-likeness (QED) is 0.439. The first-order valence-corrected chi connectivity index (χ1v) is 7.80. The fourth-order valence-corrected chi connectivity index (χ4v) is 2.45. The largest absolute Gasteiger partial charge is 0.0882 e. The number of rotatable bonds is 0. The van der Waals surface area contributed by atoms with Gasteiger partial charge in [-0.15, -0.1) is 0 Å². The fraction of sp³-hybridized carbons (Fsp3) is 0.765. The molecule has 0 nitrogen and oxygen atoms in total. The molecule has 1 rings (SSSR count). The minimum atomic E-state index is 1.14. The molecule has 1 aliphatic carbocycles. The lowest BCUT2D eigenvalue weighted by molar-refractivity contribution is 0.553. The summed E-state index contributed by atoms with van der Waals surface area (Å²) in [4.78, 5) is 0. The molecule has 98 valence electrons. The van der Waals surface area contributed by atoms with Crippen molar-refractivity contribution in [1.29, 1.82) is 0 Å². The molecule has 0 unspecified atom stereocenters. The van der Waals surface area contributed by atoms with Crippen molar-refractivity contribution in [2.24, 2.45) is 0 Å². The van der Waals surface area contributed by atoms with Crippen molar-refractivity contribution in [3.05, 3.63) is 24.3 Å². The number of hydrogen-bond donors (Lipinski definition) is 0. The summed E-state index contributed by atoms with van der Waals surface area (Å²) in [6.45, 7) is 0. The van der Waals surface area contributed by atoms with Crippen LogP contribution in [-0.4, -0.2) is 0 Å². The molecule has 0 aromatic heterocycles. The van der Waals surface area contributed by atoms with Crippen LogP contribution in [0.25, 0.3) is 0 Å². The summed E-state index contributed by atoms with van der Waals surface area (Å²) in [6, 6.07) is 0. The van der Waals surface area contributed by atoms with Crippen LogP contribution >= 0.6 is 0 Å². The number of allylic oxidation sites excluding steroid dienone is 4. The minimum absolute atomic E-state index is 1.14. The highest BCUT2D eigenvalue weighted by Crippen LogP contribution is 2.12. The summed E-state index contributed by atoms with van der Waals surface area (Å²) in [7, 11) is 0. The van der Waals surface area contributed by atoms with Crippen LogP contribution in [0.2, 0.25) is 0 Å². The maximum atomic E-state index is 2.36. The molecule has 0 atom stereocenters. The van der Waals surface area contributed by atoms with E-state index in [0.717, 1.165) is 6.42 Å². The SMILES string of the molecule is C1=C\CCCCCCCCCCCC/C=C\C/1. The molecule has 0 radical (unpaired) electrons. The Kier molecular flexibility index (Phi) is 10.2. The lowest BCUT2D eigenvalue weighted by Gasteiger charge is -2.01. The zero-order valence-corrected chi connectivity index (χ0v) is 11.5. The van der Waals surface area contributed by atoms with Crippen molar-refractivity contribution in [2.75, 3.05) is 0 Å². The first-order valence-electron chi connectivity index (χ1n) is 7.80. The second-order valence-electron chi connectivity index (χ2n) is 5.29. The van der Waals surface area contributed by atoms with Gasteiger partial charge in [-0.05, 0) is 32.1 Å². The molecule has 0 aromatic rings. The third-order valence-corrected chi connectivity index (χ3v) is 3.60. The van der Waals surface area contributed by atoms with Crippen molar-refractivity contribution in [1.82, 2.24) is 0 Å². The van der Waals surface area contributed by atoms with Crippen LogP contribution in [0.5, 0.6) is 0 Å². The maximum absolute atomic E-state index is 2.36. The molecule has 0 spiro atoms. The second kappa shape index (κ2) is 12.0. The molecule has 0 heterocycles. The van der Waals surface area contributed by atoms with E-state index in [1.807, 2.05) is 0 Å². The van der Waals surface area contributed by atoms with Crippen LogP contribution in [0.1, 0.15) is 83.5 Å². The average molecular weight is 234 g/mol. The smallest absolute Gasteiger partial charge is 0.0169 e. The van der Waals surface area contributed by atoms with E-state index < -0.39 is 0 Å². The van der Waals surface area contributed by atoms with Crippen molar-refractivity contribution in [3.8, 4) is 0 Å². The summed E-state index contributed by atoms with van der Waals surface area (Å²) in [5.74, 6) is 0. The fourth-order valence-electron chi connectivity index (χ4n) is 2.45. The van der Waals surface area contributed by atoms with E-state index in [9.17, 15) is 0 Å². The van der Waals surface area contributed by atoms with Gasteiger partial charge in [0.05, 0.1) is 0 Å². The van der Waals surface area contributed by atoms with Crippen LogP contribution in [0.15, 0.2) is 24.3 Å². The summed E-state index contributed by atoms with van der Waals surface area (Å²) in [6.07, 6.45) is 27.5. The summed E-state index contributed by atoms with van der Waals surface area (Å²) < 4.78 is 0. The molecule has 0 fully saturated rings. The van der Waals surface area contributed by atoms with Gasteiger partial charge in [0.25, 0.3) is 0 Å². The molecule has 0 saturated carbocycles. The van der Waals surface area contributed by atoms with Gasteiger partial charge in [0.2, 0.25) is 0 Å². The molecule has 0 aromatic carbocycles. The van der Waals surface area contributed by atoms with Gasteiger partial charge in [0.1, 0.15) is 0 Å². The predicted molar refractivity (Wildman–Crippen MR) is 78.3 cm³/mol. The zero-order valence-electron chi connectivity index (χ0n) is 11.5. The zero-order chi connectivity index (χ0) is 12.0. The van der Waals surface area contributed by atoms with E-state index in [2.05, 4.69) is 24.3 Å². The third kappa shape index (κ3) is 10.4. The Morgan fingerprint density at radius 2 is 0.706 bits per heavy atom. The van der Waals surface area contributed by atoms with Gasteiger partial charge >= 0.3 is 0 Å². The van der Waals surface area contributed by atoms with Gasteiger partial charge in [0, 0.05) is 0 Å². The molecule has 17 heavy (non-hydrogen) atoms. The lowest BCUT2D eigenvalue weighted by Crippen LogP contribution is -1.81. The third-order valence-electron chi connectivity index (χ3n) is 3.60. The van der Waals surface area contributed by atoms with E-state index in [4.69, 9.17) is 0 Å². The first-order chi connectivity index (χ1) is 8.50. The van der Waals surface area contributed by atoms with Gasteiger partial charge < -0.3 is 0 Å². The van der Waals surface area contributed by atoms with E-state index in [1.165, 1.54) is 77.0 Å². The van der Waals surface area contributed by atoms with Crippen LogP contribution in [0.4, 0.5) is 0 Å². The summed E-state index contributed by atoms with van der Waals surface area (Å²) in [5, 5.41) is 0. The molecular weight excluding hydrogens is 204 g/mol. The molecular formula is C17H30. The van der Waals surface area contributed by atoms with Gasteiger partial charge in [-0.3, -0.25) is 0 Å². The van der Waals surface area contributed by atoms with E-state index >= 15 is 0 Å². The Labute approximate surface area is 108 Å². The highest BCUT2D eigenvalue weighted by molar-refractivity contribution is 4.92. The van der Waals surface area contributed by atoms with Crippen molar-refractivity contribution in [2.45, 2.75) is 83.5 Å². The maximum Gasteiger partial charge on any atom is -0.0169 e. The predicted octanol–water partition coefficient (Wildman–Crippen LogP) is 6.18. The van der Waals surface area contributed by atoms with Crippen LogP contribution in [-0.2, 0) is 0 Å². The summed E-state index contributed by atoms with van der Waals surface area (Å²) >= 11 is 0. The van der Waals surface area contributed by atoms with Crippen molar-refractivity contribution >= 4 is 0 Å². The summed E-state index contributed by atoms with van der Waals surface area (Å²) in [5.41, 5.74) is 0. The lowest BCUT2D eigenvalue weighted by atomic mass is 10.1. The normalized spacial score (nSPS) is 25.9. The molecule has 0 aliphatic heterocycles. The Morgan fingerprint density at radius 1 is 0.353 bits per heavy atom. The number of hydrogen-bond acceptors (Lipinski definition) is 0. The van der Waals surface area contributed by atoms with E-state index in [0.29, 0.717) is 0 Å². The molecule has 0 heteroatoms. The average Bonchev–Trinajstić information content (AvgIpc) is 2.35. The first kappa shape index (κ1) is 14.5. The highest BCUT2D eigenvalue weighted by atomic mass is 14.0. The monoisotopic (exact) mass is 234 g/mol. The van der Waals surface area contributed by atoms with Crippen molar-refractivity contribution in [3.63, 3.8) is 0 Å². The molecule has 0 bridgehead atoms. The van der Waals surface area contributed by atoms with Gasteiger partial charge in [0.15, 0.2) is 0 Å². The van der Waals surface area contributed by atoms with Gasteiger partial charge in [-0.25, -0.2) is 0 Å². The van der Waals surface area contributed by atoms with E-state index in [-0.39, 0.29) is 0 Å². The highest BCUT2D eigenvalue weighted by Gasteiger charge is 1.93. The Balaban J connectivity index is 2.13. The minimum Gasteiger partial charge on any atom is -0.0882 e. The van der Waals surface area contributed by atoms with Crippen LogP contribution in [0, 0.1) is 0 Å². The van der Waals surface area contributed by atoms with E-state index in [1.54, 1.807) is 0 Å². The Hall–Kier alpha value is -0.520. The van der Waals surface area contributed by atoms with Crippen LogP contribution < -0.4 is 0 Å². The van der Waals surface area contributed by atoms with Gasteiger partial charge in [-0.2, -0.15) is 0 Å².